The van der Waals surface area contributed by atoms with E-state index in [1.807, 2.05) is 0 Å². The molecule has 0 spiro atoms. The summed E-state index contributed by atoms with van der Waals surface area (Å²) in [4.78, 5) is 16.3. The van der Waals surface area contributed by atoms with E-state index in [2.05, 4.69) is 44.9 Å². The van der Waals surface area contributed by atoms with Gasteiger partial charge in [-0.25, -0.2) is 10.5 Å². The van der Waals surface area contributed by atoms with Gasteiger partial charge in [0.25, 0.3) is 0 Å². The monoisotopic (exact) mass is 241 g/mol. The number of nitrogens with one attached hydrogen (secondary N) is 4. The quantitative estimate of drug-likeness (QED) is 0.587. The molecule has 0 aliphatic rings. The molecule has 1 heterocycles. The van der Waals surface area contributed by atoms with Gasteiger partial charge in [0, 0.05) is 13.1 Å². The van der Waals surface area contributed by atoms with Crippen molar-refractivity contribution in [2.24, 2.45) is 0 Å². The molecule has 96 valence electrons. The first-order valence-electron chi connectivity index (χ1n) is 5.88. The van der Waals surface area contributed by atoms with Crippen LogP contribution in [0.2, 0.25) is 0 Å². The third-order valence-electron chi connectivity index (χ3n) is 1.95. The van der Waals surface area contributed by atoms with Crippen LogP contribution in [0.25, 0.3) is 0 Å². The van der Waals surface area contributed by atoms with Gasteiger partial charge < -0.3 is 10.6 Å². The lowest BCUT2D eigenvalue weighted by Gasteiger charge is -2.04. The Morgan fingerprint density at radius 3 is 2.00 bits per heavy atom. The maximum Gasteiger partial charge on any atom is 0.344 e. The number of hydrogen-bond donors (Lipinski definition) is 3. The summed E-state index contributed by atoms with van der Waals surface area (Å²) in [5, 5.41) is 6.34. The number of hydrogen-bond acceptors (Lipinski definition) is 6. The predicted molar refractivity (Wildman–Crippen MR) is 66.8 cm³/mol. The summed E-state index contributed by atoms with van der Waals surface area (Å²) in [5.74, 6) is 1.75. The molecule has 0 radical (unpaired) electrons. The molecule has 7 heteroatoms. The van der Waals surface area contributed by atoms with Crippen molar-refractivity contribution in [2.75, 3.05) is 36.3 Å². The van der Waals surface area contributed by atoms with Gasteiger partial charge in [-0.2, -0.15) is 0 Å². The minimum Gasteiger partial charge on any atom is -0.307 e. The summed E-state index contributed by atoms with van der Waals surface area (Å²) in [6, 6.07) is 0. The maximum atomic E-state index is 4.80. The normalized spacial score (nSPS) is 10.1. The zero-order valence-electron chi connectivity index (χ0n) is 10.6. The van der Waals surface area contributed by atoms with Crippen molar-refractivity contribution in [1.82, 2.24) is 9.97 Å². The zero-order chi connectivity index (χ0) is 12.5. The molecule has 0 bridgehead atoms. The van der Waals surface area contributed by atoms with Crippen molar-refractivity contribution in [1.29, 1.82) is 0 Å². The Morgan fingerprint density at radius 2 is 1.59 bits per heavy atom. The fourth-order valence-electron chi connectivity index (χ4n) is 1.20. The van der Waals surface area contributed by atoms with E-state index in [4.69, 9.17) is 4.84 Å². The second-order valence-electron chi connectivity index (χ2n) is 3.53. The third kappa shape index (κ3) is 4.81. The Bertz CT molecular complexity index is 306. The van der Waals surface area contributed by atoms with Crippen LogP contribution in [0.15, 0.2) is 0 Å². The largest absolute Gasteiger partial charge is 0.344 e. The summed E-state index contributed by atoms with van der Waals surface area (Å²) in [6.45, 7) is 5.90. The van der Waals surface area contributed by atoms with E-state index in [1.165, 1.54) is 7.11 Å². The summed E-state index contributed by atoms with van der Waals surface area (Å²) in [5.41, 5.74) is 2.62. The molecule has 0 aromatic carbocycles. The van der Waals surface area contributed by atoms with Crippen molar-refractivity contribution in [3.8, 4) is 0 Å². The van der Waals surface area contributed by atoms with Crippen molar-refractivity contribution in [3.63, 3.8) is 0 Å². The molecule has 1 rings (SSSR count). The van der Waals surface area contributed by atoms with Gasteiger partial charge in [-0.15, -0.1) is 0 Å². The van der Waals surface area contributed by atoms with Crippen LogP contribution in [0.4, 0.5) is 17.8 Å². The van der Waals surface area contributed by atoms with Crippen LogP contribution in [0, 0.1) is 0 Å². The number of anilines is 3. The lowest BCUT2D eigenvalue weighted by atomic mass is 10.5. The standard InChI is InChI=1S/C10H20N6O/c1-4-6-11-8-13-9(12-7-5-2)15-10(14-8)16-17-3/h4-7H2,1-3H3,(H3,11,12,13,14,15,16)/p+1. The first-order valence-corrected chi connectivity index (χ1v) is 5.88. The Kier molecular flexibility index (Phi) is 6.02. The zero-order valence-corrected chi connectivity index (χ0v) is 10.6. The van der Waals surface area contributed by atoms with Gasteiger partial charge in [0.05, 0.1) is 7.11 Å². The highest BCUT2D eigenvalue weighted by molar-refractivity contribution is 5.33. The minimum atomic E-state index is 0.420. The lowest BCUT2D eigenvalue weighted by Crippen LogP contribution is -2.24. The van der Waals surface area contributed by atoms with Gasteiger partial charge in [-0.3, -0.25) is 4.84 Å². The van der Waals surface area contributed by atoms with Crippen LogP contribution in [0.3, 0.4) is 0 Å². The average molecular weight is 241 g/mol. The first kappa shape index (κ1) is 13.4. The Balaban J connectivity index is 2.76. The average Bonchev–Trinajstić information content (AvgIpc) is 2.34. The van der Waals surface area contributed by atoms with E-state index in [0.29, 0.717) is 17.8 Å². The molecule has 0 amide bonds. The Hall–Kier alpha value is -1.63. The second kappa shape index (κ2) is 7.61. The summed E-state index contributed by atoms with van der Waals surface area (Å²) in [6.07, 6.45) is 2.06. The number of H-pyrrole nitrogens is 1. The van der Waals surface area contributed by atoms with Crippen molar-refractivity contribution in [2.45, 2.75) is 26.7 Å². The highest BCUT2D eigenvalue weighted by Crippen LogP contribution is 2.04. The van der Waals surface area contributed by atoms with Gasteiger partial charge in [-0.05, 0) is 12.8 Å². The summed E-state index contributed by atoms with van der Waals surface area (Å²) in [7, 11) is 1.53. The highest BCUT2D eigenvalue weighted by Gasteiger charge is 2.11. The van der Waals surface area contributed by atoms with Crippen LogP contribution >= 0.6 is 0 Å². The van der Waals surface area contributed by atoms with E-state index in [0.717, 1.165) is 25.9 Å². The minimum absolute atomic E-state index is 0.420. The first-order chi connectivity index (χ1) is 8.30. The van der Waals surface area contributed by atoms with Gasteiger partial charge >= 0.3 is 17.8 Å². The molecule has 0 unspecified atom stereocenters. The molecular formula is C10H21N6O+. The molecule has 4 N–H and O–H groups in total. The van der Waals surface area contributed by atoms with Gasteiger partial charge in [-0.1, -0.05) is 23.8 Å². The predicted octanol–water partition coefficient (Wildman–Crippen LogP) is 0.908. The van der Waals surface area contributed by atoms with E-state index < -0.39 is 0 Å². The van der Waals surface area contributed by atoms with Crippen molar-refractivity contribution < 1.29 is 9.82 Å². The molecule has 1 aromatic rings. The fourth-order valence-corrected chi connectivity index (χ4v) is 1.20. The molecule has 0 saturated carbocycles. The molecule has 17 heavy (non-hydrogen) atoms. The lowest BCUT2D eigenvalue weighted by molar-refractivity contribution is -0.352. The third-order valence-corrected chi connectivity index (χ3v) is 1.95. The van der Waals surface area contributed by atoms with Crippen LogP contribution in [-0.2, 0) is 4.84 Å². The topological polar surface area (TPSA) is 85.2 Å². The highest BCUT2D eigenvalue weighted by atomic mass is 16.6. The molecule has 0 aliphatic heterocycles. The van der Waals surface area contributed by atoms with E-state index in [1.54, 1.807) is 0 Å². The van der Waals surface area contributed by atoms with Gasteiger partial charge in [0.15, 0.2) is 0 Å². The molecule has 7 nitrogen and oxygen atoms in total. The van der Waals surface area contributed by atoms with Crippen molar-refractivity contribution in [3.05, 3.63) is 0 Å². The molecule has 0 atom stereocenters. The molecule has 0 aliphatic carbocycles. The van der Waals surface area contributed by atoms with Gasteiger partial charge in [0.2, 0.25) is 0 Å². The van der Waals surface area contributed by atoms with Crippen LogP contribution in [0.5, 0.6) is 0 Å². The van der Waals surface area contributed by atoms with Crippen molar-refractivity contribution >= 4 is 17.8 Å². The Morgan fingerprint density at radius 1 is 1.06 bits per heavy atom. The van der Waals surface area contributed by atoms with Crippen LogP contribution in [-0.4, -0.2) is 30.2 Å². The molecule has 0 saturated heterocycles. The van der Waals surface area contributed by atoms with Crippen LogP contribution in [0.1, 0.15) is 26.7 Å². The Labute approximate surface area is 101 Å². The van der Waals surface area contributed by atoms with E-state index in [-0.39, 0.29) is 0 Å². The van der Waals surface area contributed by atoms with Crippen LogP contribution < -0.4 is 21.1 Å². The van der Waals surface area contributed by atoms with E-state index >= 15 is 0 Å². The second-order valence-corrected chi connectivity index (χ2v) is 3.53. The molecule has 0 fully saturated rings. The number of rotatable bonds is 8. The maximum absolute atomic E-state index is 4.80. The molecule has 1 aromatic heterocycles. The van der Waals surface area contributed by atoms with Gasteiger partial charge in [0.1, 0.15) is 0 Å². The van der Waals surface area contributed by atoms with E-state index in [9.17, 15) is 0 Å². The SMILES string of the molecule is CCCNc1nc(NOC)nc(NCCC)[nH+]1. The smallest absolute Gasteiger partial charge is 0.307 e. The number of aromatic amines is 1. The summed E-state index contributed by atoms with van der Waals surface area (Å²) >= 11 is 0. The summed E-state index contributed by atoms with van der Waals surface area (Å²) < 4.78 is 0. The number of nitrogens with zero attached hydrogens (tertiary/aromatic N) is 2. The number of aromatic nitrogens is 3. The molecular weight excluding hydrogens is 220 g/mol. The fraction of sp³-hybridized carbons (Fsp3) is 0.700.